The fourth-order valence-corrected chi connectivity index (χ4v) is 3.31. The van der Waals surface area contributed by atoms with E-state index in [-0.39, 0.29) is 17.5 Å². The molecule has 0 aliphatic carbocycles. The summed E-state index contributed by atoms with van der Waals surface area (Å²) in [5.74, 6) is -1.67. The van der Waals surface area contributed by atoms with Crippen LogP contribution in [0.4, 0.5) is 11.6 Å². The van der Waals surface area contributed by atoms with Crippen molar-refractivity contribution in [3.8, 4) is 5.88 Å². The smallest absolute Gasteiger partial charge is 0.289 e. The lowest BCUT2D eigenvalue weighted by Crippen LogP contribution is -2.27. The van der Waals surface area contributed by atoms with E-state index < -0.39 is 12.5 Å². The first-order valence-electron chi connectivity index (χ1n) is 8.65. The highest BCUT2D eigenvalue weighted by molar-refractivity contribution is 6.03. The van der Waals surface area contributed by atoms with Crippen LogP contribution in [0, 0.1) is 0 Å². The van der Waals surface area contributed by atoms with Gasteiger partial charge in [0, 0.05) is 16.3 Å². The fraction of sp³-hybridized carbons (Fsp3) is 0.0526. The number of aliphatic carboxylic acids is 1. The quantitative estimate of drug-likeness (QED) is 0.454. The van der Waals surface area contributed by atoms with E-state index in [1.54, 1.807) is 24.3 Å². The van der Waals surface area contributed by atoms with Gasteiger partial charge in [-0.25, -0.2) is 0 Å². The maximum atomic E-state index is 11.0. The molecule has 10 heteroatoms. The monoisotopic (exact) mass is 386 g/mol. The number of nitrogens with one attached hydrogen (secondary N) is 1. The average Bonchev–Trinajstić information content (AvgIpc) is 3.21. The summed E-state index contributed by atoms with van der Waals surface area (Å²) in [6, 6.07) is 14.5. The molecule has 0 fully saturated rings. The number of benzene rings is 2. The summed E-state index contributed by atoms with van der Waals surface area (Å²) in [4.78, 5) is 18.5. The maximum Gasteiger partial charge on any atom is 0.289 e. The molecule has 10 nitrogen and oxygen atoms in total. The molecule has 5 aromatic rings. The molecule has 0 bridgehead atoms. The predicted molar refractivity (Wildman–Crippen MR) is 102 cm³/mol. The van der Waals surface area contributed by atoms with Gasteiger partial charge in [-0.3, -0.25) is 0 Å². The zero-order chi connectivity index (χ0) is 20.0. The fourth-order valence-electron chi connectivity index (χ4n) is 3.31. The van der Waals surface area contributed by atoms with E-state index in [1.165, 1.54) is 4.57 Å². The van der Waals surface area contributed by atoms with Gasteiger partial charge in [-0.2, -0.15) is 4.98 Å². The molecule has 0 aliphatic heterocycles. The minimum Gasteiger partial charge on any atom is -0.548 e. The Hall–Kier alpha value is -4.34. The Bertz CT molecular complexity index is 1430. The number of carboxylic acids is 1. The van der Waals surface area contributed by atoms with Crippen LogP contribution < -0.4 is 5.11 Å². The molecule has 29 heavy (non-hydrogen) atoms. The van der Waals surface area contributed by atoms with Crippen molar-refractivity contribution in [2.24, 2.45) is 10.2 Å². The van der Waals surface area contributed by atoms with Crippen molar-refractivity contribution in [2.45, 2.75) is 6.54 Å². The Morgan fingerprint density at radius 3 is 2.66 bits per heavy atom. The van der Waals surface area contributed by atoms with E-state index in [4.69, 9.17) is 0 Å². The highest BCUT2D eigenvalue weighted by atomic mass is 16.4. The third-order valence-electron chi connectivity index (χ3n) is 4.55. The Labute approximate surface area is 162 Å². The number of H-pyrrole nitrogens is 1. The van der Waals surface area contributed by atoms with Crippen LogP contribution in [0.25, 0.3) is 33.0 Å². The zero-order valence-corrected chi connectivity index (χ0v) is 14.8. The van der Waals surface area contributed by atoms with Gasteiger partial charge >= 0.3 is 0 Å². The van der Waals surface area contributed by atoms with Gasteiger partial charge in [0.15, 0.2) is 11.3 Å². The standard InChI is InChI=1S/C19H13N7O3/c27-14(28)9-26-13-8-4-2-6-11(13)16(18(26)29)23-25-19-21-17-15(22-24-19)10-5-1-3-7-12(10)20-17/h1-8,29H,9H2,(H,27,28)(H,20,21,24)/p-1. The van der Waals surface area contributed by atoms with Crippen molar-refractivity contribution >= 4 is 50.6 Å². The topological polar surface area (TPSA) is 144 Å². The van der Waals surface area contributed by atoms with Gasteiger partial charge in [0.05, 0.1) is 18.0 Å². The molecule has 142 valence electrons. The molecule has 0 atom stereocenters. The lowest BCUT2D eigenvalue weighted by molar-refractivity contribution is -0.306. The second-order valence-electron chi connectivity index (χ2n) is 6.33. The van der Waals surface area contributed by atoms with Gasteiger partial charge in [0.25, 0.3) is 5.95 Å². The van der Waals surface area contributed by atoms with E-state index in [9.17, 15) is 15.0 Å². The summed E-state index contributed by atoms with van der Waals surface area (Å²) in [7, 11) is 0. The third-order valence-corrected chi connectivity index (χ3v) is 4.55. The molecule has 0 amide bonds. The van der Waals surface area contributed by atoms with E-state index >= 15 is 0 Å². The van der Waals surface area contributed by atoms with Crippen LogP contribution in [0.15, 0.2) is 58.8 Å². The Balaban J connectivity index is 1.59. The number of aromatic amines is 1. The summed E-state index contributed by atoms with van der Waals surface area (Å²) in [6.07, 6.45) is 0. The van der Waals surface area contributed by atoms with Crippen LogP contribution in [0.1, 0.15) is 0 Å². The van der Waals surface area contributed by atoms with Crippen LogP contribution >= 0.6 is 0 Å². The van der Waals surface area contributed by atoms with Gasteiger partial charge in [-0.05, 0) is 12.1 Å². The largest absolute Gasteiger partial charge is 0.548 e. The second-order valence-corrected chi connectivity index (χ2v) is 6.33. The molecule has 0 radical (unpaired) electrons. The summed E-state index contributed by atoms with van der Waals surface area (Å²) in [6.45, 7) is -0.513. The number of aromatic hydroxyl groups is 1. The molecule has 2 aromatic carbocycles. The van der Waals surface area contributed by atoms with Gasteiger partial charge in [-0.15, -0.1) is 20.4 Å². The molecule has 0 saturated carbocycles. The third kappa shape index (κ3) is 2.74. The molecule has 0 aliphatic rings. The van der Waals surface area contributed by atoms with E-state index in [1.807, 2.05) is 24.3 Å². The summed E-state index contributed by atoms with van der Waals surface area (Å²) in [5, 5.41) is 39.1. The number of carboxylic acid groups (broad SMARTS) is 1. The number of carbonyl (C=O) groups excluding carboxylic acids is 1. The molecule has 0 spiro atoms. The summed E-state index contributed by atoms with van der Waals surface area (Å²) < 4.78 is 1.19. The van der Waals surface area contributed by atoms with Crippen molar-refractivity contribution in [2.75, 3.05) is 0 Å². The highest BCUT2D eigenvalue weighted by Gasteiger charge is 2.16. The molecule has 3 aromatic heterocycles. The Morgan fingerprint density at radius 1 is 1.07 bits per heavy atom. The van der Waals surface area contributed by atoms with E-state index in [0.29, 0.717) is 22.1 Å². The van der Waals surface area contributed by atoms with Gasteiger partial charge in [0.2, 0.25) is 5.88 Å². The maximum absolute atomic E-state index is 11.0. The number of aromatic nitrogens is 5. The number of hydrogen-bond acceptors (Lipinski definition) is 8. The normalized spacial score (nSPS) is 11.9. The average molecular weight is 386 g/mol. The second kappa shape index (κ2) is 6.37. The van der Waals surface area contributed by atoms with Gasteiger partial charge < -0.3 is 24.6 Å². The first kappa shape index (κ1) is 16.8. The SMILES string of the molecule is O=C([O-])Cn1c(O)c(N=Nc2nnc3c(n2)[nH]c2ccccc23)c2ccccc21. The summed E-state index contributed by atoms with van der Waals surface area (Å²) in [5.41, 5.74) is 2.61. The minimum atomic E-state index is -1.33. The minimum absolute atomic E-state index is 0.000175. The van der Waals surface area contributed by atoms with Crippen molar-refractivity contribution in [3.63, 3.8) is 0 Å². The lowest BCUT2D eigenvalue weighted by Gasteiger charge is -2.06. The van der Waals surface area contributed by atoms with Gasteiger partial charge in [0.1, 0.15) is 5.52 Å². The number of para-hydroxylation sites is 2. The zero-order valence-electron chi connectivity index (χ0n) is 14.8. The number of hydrogen-bond donors (Lipinski definition) is 2. The van der Waals surface area contributed by atoms with Crippen LogP contribution in [-0.4, -0.2) is 35.8 Å². The lowest BCUT2D eigenvalue weighted by atomic mass is 10.2. The Kier molecular flexibility index (Phi) is 3.69. The number of rotatable bonds is 4. The number of nitrogens with zero attached hydrogens (tertiary/aromatic N) is 6. The molecule has 0 unspecified atom stereocenters. The molecular formula is C19H12N7O3-. The number of carbonyl (C=O) groups is 1. The van der Waals surface area contributed by atoms with E-state index in [2.05, 4.69) is 30.4 Å². The number of fused-ring (bicyclic) bond motifs is 4. The Morgan fingerprint density at radius 2 is 1.83 bits per heavy atom. The van der Waals surface area contributed by atoms with Gasteiger partial charge in [-0.1, -0.05) is 36.4 Å². The first-order chi connectivity index (χ1) is 14.1. The summed E-state index contributed by atoms with van der Waals surface area (Å²) >= 11 is 0. The molecule has 5 rings (SSSR count). The van der Waals surface area contributed by atoms with Crippen LogP contribution in [0.3, 0.4) is 0 Å². The highest BCUT2D eigenvalue weighted by Crippen LogP contribution is 2.39. The van der Waals surface area contributed by atoms with Crippen LogP contribution in [0.5, 0.6) is 5.88 Å². The molecular weight excluding hydrogens is 374 g/mol. The van der Waals surface area contributed by atoms with Crippen LogP contribution in [0.2, 0.25) is 0 Å². The van der Waals surface area contributed by atoms with Crippen molar-refractivity contribution in [1.29, 1.82) is 0 Å². The molecule has 0 saturated heterocycles. The predicted octanol–water partition coefficient (Wildman–Crippen LogP) is 2.33. The molecule has 3 heterocycles. The first-order valence-corrected chi connectivity index (χ1v) is 8.65. The van der Waals surface area contributed by atoms with Crippen LogP contribution in [-0.2, 0) is 11.3 Å². The van der Waals surface area contributed by atoms with E-state index in [0.717, 1.165) is 10.9 Å². The van der Waals surface area contributed by atoms with Crippen molar-refractivity contribution < 1.29 is 15.0 Å². The molecule has 2 N–H and O–H groups in total. The number of azo groups is 1. The van der Waals surface area contributed by atoms with Crippen molar-refractivity contribution in [3.05, 3.63) is 48.5 Å². The van der Waals surface area contributed by atoms with Crippen molar-refractivity contribution in [1.82, 2.24) is 24.7 Å².